The van der Waals surface area contributed by atoms with Crippen LogP contribution in [0.25, 0.3) is 0 Å². The van der Waals surface area contributed by atoms with Crippen LogP contribution in [0.3, 0.4) is 0 Å². The van der Waals surface area contributed by atoms with E-state index in [9.17, 15) is 4.79 Å². The zero-order valence-electron chi connectivity index (χ0n) is 15.7. The van der Waals surface area contributed by atoms with Crippen LogP contribution in [-0.2, 0) is 6.54 Å². The lowest BCUT2D eigenvalue weighted by molar-refractivity contribution is 0.0934. The standard InChI is InChI=1S/C21H27N3O.2ClH/c1-16-7-8-19(22)13-20(16)21(25)23-14-17-9-11-24(12-10-17)15-18-5-3-2-4-6-18;;/h2-8,13,17H,9-12,14-15,22H2,1H3,(H,23,25);2*1H. The first-order chi connectivity index (χ1) is 12.1. The van der Waals surface area contributed by atoms with Crippen LogP contribution in [0.2, 0.25) is 0 Å². The number of nitrogens with one attached hydrogen (secondary N) is 1. The molecule has 0 unspecified atom stereocenters. The van der Waals surface area contributed by atoms with Crippen LogP contribution < -0.4 is 11.1 Å². The van der Waals surface area contributed by atoms with Gasteiger partial charge in [-0.25, -0.2) is 0 Å². The molecule has 0 aromatic heterocycles. The van der Waals surface area contributed by atoms with Gasteiger partial charge in [0, 0.05) is 24.3 Å². The maximum absolute atomic E-state index is 12.4. The molecular weight excluding hydrogens is 381 g/mol. The molecule has 0 spiro atoms. The van der Waals surface area contributed by atoms with Gasteiger partial charge in [-0.1, -0.05) is 36.4 Å². The Balaban J connectivity index is 0.00000182. The van der Waals surface area contributed by atoms with Crippen LogP contribution >= 0.6 is 24.8 Å². The number of benzene rings is 2. The van der Waals surface area contributed by atoms with E-state index in [1.54, 1.807) is 6.07 Å². The highest BCUT2D eigenvalue weighted by Gasteiger charge is 2.20. The fourth-order valence-corrected chi connectivity index (χ4v) is 3.41. The molecule has 1 saturated heterocycles. The number of piperidine rings is 1. The molecule has 0 saturated carbocycles. The fourth-order valence-electron chi connectivity index (χ4n) is 3.41. The van der Waals surface area contributed by atoms with Gasteiger partial charge in [0.1, 0.15) is 0 Å². The van der Waals surface area contributed by atoms with Crippen molar-refractivity contribution in [1.82, 2.24) is 10.2 Å². The van der Waals surface area contributed by atoms with Gasteiger partial charge in [-0.3, -0.25) is 9.69 Å². The van der Waals surface area contributed by atoms with Gasteiger partial charge in [0.05, 0.1) is 0 Å². The van der Waals surface area contributed by atoms with Gasteiger partial charge in [-0.2, -0.15) is 0 Å². The minimum atomic E-state index is -0.0171. The highest BCUT2D eigenvalue weighted by molar-refractivity contribution is 5.96. The lowest BCUT2D eigenvalue weighted by atomic mass is 9.96. The number of anilines is 1. The average Bonchev–Trinajstić information content (AvgIpc) is 2.64. The second kappa shape index (κ2) is 11.2. The number of amides is 1. The molecule has 1 amide bonds. The average molecular weight is 410 g/mol. The quantitative estimate of drug-likeness (QED) is 0.731. The third-order valence-electron chi connectivity index (χ3n) is 5.01. The Morgan fingerprint density at radius 2 is 1.78 bits per heavy atom. The van der Waals surface area contributed by atoms with E-state index in [1.165, 1.54) is 5.56 Å². The van der Waals surface area contributed by atoms with Crippen molar-refractivity contribution in [1.29, 1.82) is 0 Å². The molecule has 2 aromatic rings. The van der Waals surface area contributed by atoms with Crippen LogP contribution in [0, 0.1) is 12.8 Å². The summed E-state index contributed by atoms with van der Waals surface area (Å²) in [5.41, 5.74) is 9.44. The molecule has 0 atom stereocenters. The first-order valence-corrected chi connectivity index (χ1v) is 9.02. The molecule has 27 heavy (non-hydrogen) atoms. The molecule has 2 aromatic carbocycles. The summed E-state index contributed by atoms with van der Waals surface area (Å²) in [6.07, 6.45) is 2.26. The molecule has 0 radical (unpaired) electrons. The normalized spacial score (nSPS) is 14.7. The zero-order chi connectivity index (χ0) is 17.6. The number of halogens is 2. The van der Waals surface area contributed by atoms with Gasteiger partial charge in [0.15, 0.2) is 0 Å². The molecule has 148 valence electrons. The molecule has 3 N–H and O–H groups in total. The van der Waals surface area contributed by atoms with Gasteiger partial charge >= 0.3 is 0 Å². The van der Waals surface area contributed by atoms with Crippen molar-refractivity contribution in [2.24, 2.45) is 5.92 Å². The van der Waals surface area contributed by atoms with E-state index < -0.39 is 0 Å². The largest absolute Gasteiger partial charge is 0.399 e. The maximum Gasteiger partial charge on any atom is 0.251 e. The predicted molar refractivity (Wildman–Crippen MR) is 117 cm³/mol. The fraction of sp³-hybridized carbons (Fsp3) is 0.381. The Hall–Kier alpha value is -1.75. The SMILES string of the molecule is Cc1ccc(N)cc1C(=O)NCC1CCN(Cc2ccccc2)CC1.Cl.Cl. The Morgan fingerprint density at radius 1 is 1.11 bits per heavy atom. The molecule has 0 aliphatic carbocycles. The van der Waals surface area contributed by atoms with Crippen LogP contribution in [-0.4, -0.2) is 30.4 Å². The van der Waals surface area contributed by atoms with Gasteiger partial charge in [-0.15, -0.1) is 24.8 Å². The number of rotatable bonds is 5. The molecule has 1 aliphatic rings. The highest BCUT2D eigenvalue weighted by atomic mass is 35.5. The monoisotopic (exact) mass is 409 g/mol. The summed E-state index contributed by atoms with van der Waals surface area (Å²) in [6.45, 7) is 5.88. The minimum Gasteiger partial charge on any atom is -0.399 e. The van der Waals surface area contributed by atoms with Crippen LogP contribution in [0.4, 0.5) is 5.69 Å². The number of nitrogens with zero attached hydrogens (tertiary/aromatic N) is 1. The number of nitrogen functional groups attached to an aromatic ring is 1. The van der Waals surface area contributed by atoms with Crippen LogP contribution in [0.1, 0.15) is 34.3 Å². The van der Waals surface area contributed by atoms with Crippen molar-refractivity contribution in [3.63, 3.8) is 0 Å². The molecule has 1 aliphatic heterocycles. The number of carbonyl (C=O) groups is 1. The maximum atomic E-state index is 12.4. The molecule has 4 nitrogen and oxygen atoms in total. The highest BCUT2D eigenvalue weighted by Crippen LogP contribution is 2.19. The second-order valence-electron chi connectivity index (χ2n) is 6.99. The van der Waals surface area contributed by atoms with Crippen molar-refractivity contribution in [2.45, 2.75) is 26.3 Å². The van der Waals surface area contributed by atoms with Gasteiger partial charge in [0.25, 0.3) is 5.91 Å². The van der Waals surface area contributed by atoms with Crippen LogP contribution in [0.15, 0.2) is 48.5 Å². The number of nitrogens with two attached hydrogens (primary N) is 1. The first kappa shape index (κ1) is 23.3. The predicted octanol–water partition coefficient (Wildman–Crippen LogP) is 4.06. The first-order valence-electron chi connectivity index (χ1n) is 9.02. The van der Waals surface area contributed by atoms with E-state index in [2.05, 4.69) is 40.5 Å². The topological polar surface area (TPSA) is 58.4 Å². The Bertz CT molecular complexity index is 717. The summed E-state index contributed by atoms with van der Waals surface area (Å²) < 4.78 is 0. The van der Waals surface area contributed by atoms with Crippen molar-refractivity contribution < 1.29 is 4.79 Å². The Kier molecular flexibility index (Phi) is 9.64. The smallest absolute Gasteiger partial charge is 0.251 e. The third kappa shape index (κ3) is 6.73. The van der Waals surface area contributed by atoms with Crippen LogP contribution in [0.5, 0.6) is 0 Å². The number of aryl methyl sites for hydroxylation is 1. The molecule has 1 heterocycles. The summed E-state index contributed by atoms with van der Waals surface area (Å²) in [6, 6.07) is 16.1. The van der Waals surface area contributed by atoms with E-state index in [-0.39, 0.29) is 30.7 Å². The van der Waals surface area contributed by atoms with Gasteiger partial charge < -0.3 is 11.1 Å². The summed E-state index contributed by atoms with van der Waals surface area (Å²) >= 11 is 0. The molecule has 6 heteroatoms. The van der Waals surface area contributed by atoms with Crippen molar-refractivity contribution >= 4 is 36.4 Å². The number of likely N-dealkylation sites (tertiary alicyclic amines) is 1. The molecule has 1 fully saturated rings. The minimum absolute atomic E-state index is 0. The Labute approximate surface area is 174 Å². The van der Waals surface area contributed by atoms with Gasteiger partial charge in [-0.05, 0) is 62.0 Å². The van der Waals surface area contributed by atoms with E-state index >= 15 is 0 Å². The summed E-state index contributed by atoms with van der Waals surface area (Å²) in [7, 11) is 0. The van der Waals surface area contributed by atoms with E-state index in [1.807, 2.05) is 19.1 Å². The molecule has 3 rings (SSSR count). The summed E-state index contributed by atoms with van der Waals surface area (Å²) in [5.74, 6) is 0.536. The third-order valence-corrected chi connectivity index (χ3v) is 5.01. The van der Waals surface area contributed by atoms with Crippen molar-refractivity contribution in [2.75, 3.05) is 25.4 Å². The summed E-state index contributed by atoms with van der Waals surface area (Å²) in [4.78, 5) is 14.9. The molecule has 0 bridgehead atoms. The second-order valence-corrected chi connectivity index (χ2v) is 6.99. The molecular formula is C21H29Cl2N3O. The Morgan fingerprint density at radius 3 is 2.44 bits per heavy atom. The van der Waals surface area contributed by atoms with E-state index in [0.717, 1.165) is 44.6 Å². The summed E-state index contributed by atoms with van der Waals surface area (Å²) in [5, 5.41) is 3.09. The van der Waals surface area contributed by atoms with Crippen molar-refractivity contribution in [3.05, 3.63) is 65.2 Å². The van der Waals surface area contributed by atoms with Crippen molar-refractivity contribution in [3.8, 4) is 0 Å². The number of hydrogen-bond acceptors (Lipinski definition) is 3. The zero-order valence-corrected chi connectivity index (χ0v) is 17.3. The number of carbonyl (C=O) groups excluding carboxylic acids is 1. The lowest BCUT2D eigenvalue weighted by Gasteiger charge is -2.32. The lowest BCUT2D eigenvalue weighted by Crippen LogP contribution is -2.38. The van der Waals surface area contributed by atoms with E-state index in [4.69, 9.17) is 5.73 Å². The number of hydrogen-bond donors (Lipinski definition) is 2. The van der Waals surface area contributed by atoms with E-state index in [0.29, 0.717) is 17.2 Å². The van der Waals surface area contributed by atoms with Gasteiger partial charge in [0.2, 0.25) is 0 Å².